The average molecular weight is 552 g/mol. The minimum absolute atomic E-state index is 0.0512. The van der Waals surface area contributed by atoms with Gasteiger partial charge in [-0.2, -0.15) is 0 Å². The third-order valence-corrected chi connectivity index (χ3v) is 9.49. The van der Waals surface area contributed by atoms with Crippen LogP contribution in [-0.2, 0) is 30.9 Å². The van der Waals surface area contributed by atoms with Crippen molar-refractivity contribution in [3.63, 3.8) is 0 Å². The topological polar surface area (TPSA) is 89.0 Å². The van der Waals surface area contributed by atoms with E-state index in [1.165, 1.54) is 30.2 Å². The molecular formula is C25H30ClN3O5S2. The van der Waals surface area contributed by atoms with Gasteiger partial charge in [0, 0.05) is 41.5 Å². The van der Waals surface area contributed by atoms with Crippen molar-refractivity contribution in [2.24, 2.45) is 5.41 Å². The molecule has 194 valence electrons. The Morgan fingerprint density at radius 1 is 1.28 bits per heavy atom. The number of benzene rings is 1. The van der Waals surface area contributed by atoms with E-state index in [2.05, 4.69) is 4.98 Å². The number of aromatic nitrogens is 1. The van der Waals surface area contributed by atoms with Gasteiger partial charge >= 0.3 is 12.1 Å². The Hall–Kier alpha value is -2.30. The molecule has 2 amide bonds. The normalized spacial score (nSPS) is 19.0. The number of hydrogen-bond acceptors (Lipinski definition) is 8. The summed E-state index contributed by atoms with van der Waals surface area (Å²) in [5, 5.41) is 1.32. The fourth-order valence-corrected chi connectivity index (χ4v) is 6.93. The SMILES string of the molecule is CCOC(=O)C(C)(C)CSc1cnc(CC(=O)N2CC3(CCN(C(=O)OC)C3)c3cc(Cl)ccc32)s1. The van der Waals surface area contributed by atoms with E-state index in [1.54, 1.807) is 29.0 Å². The summed E-state index contributed by atoms with van der Waals surface area (Å²) in [6.07, 6.45) is 2.29. The Kier molecular flexibility index (Phi) is 7.87. The number of nitrogens with zero attached hydrogens (tertiary/aromatic N) is 3. The Morgan fingerprint density at radius 3 is 2.78 bits per heavy atom. The van der Waals surface area contributed by atoms with Gasteiger partial charge < -0.3 is 19.3 Å². The molecule has 1 spiro atoms. The molecule has 1 fully saturated rings. The van der Waals surface area contributed by atoms with E-state index in [0.29, 0.717) is 37.0 Å². The van der Waals surface area contributed by atoms with Gasteiger partial charge in [0.05, 0.1) is 36.0 Å². The molecule has 11 heteroatoms. The minimum Gasteiger partial charge on any atom is -0.466 e. The molecule has 0 N–H and O–H groups in total. The molecule has 1 aromatic heterocycles. The number of thioether (sulfide) groups is 1. The Balaban J connectivity index is 1.45. The molecule has 1 atom stereocenters. The Morgan fingerprint density at radius 2 is 2.06 bits per heavy atom. The maximum absolute atomic E-state index is 13.4. The van der Waals surface area contributed by atoms with Gasteiger partial charge in [-0.3, -0.25) is 9.59 Å². The van der Waals surface area contributed by atoms with E-state index < -0.39 is 5.41 Å². The third-order valence-electron chi connectivity index (χ3n) is 6.61. The summed E-state index contributed by atoms with van der Waals surface area (Å²) >= 11 is 9.32. The minimum atomic E-state index is -0.616. The number of halogens is 1. The number of amides is 2. The van der Waals surface area contributed by atoms with Crippen molar-refractivity contribution in [3.05, 3.63) is 40.0 Å². The molecule has 2 aliphatic rings. The molecule has 1 aromatic carbocycles. The van der Waals surface area contributed by atoms with Crippen LogP contribution >= 0.6 is 34.7 Å². The lowest BCUT2D eigenvalue weighted by Crippen LogP contribution is -2.40. The Bertz CT molecular complexity index is 1170. The highest BCUT2D eigenvalue weighted by Crippen LogP contribution is 2.47. The number of methoxy groups -OCH3 is 1. The van der Waals surface area contributed by atoms with Gasteiger partial charge in [-0.05, 0) is 51.0 Å². The van der Waals surface area contributed by atoms with Crippen LogP contribution in [0.1, 0.15) is 37.8 Å². The highest BCUT2D eigenvalue weighted by Gasteiger charge is 2.50. The van der Waals surface area contributed by atoms with Gasteiger partial charge in [0.25, 0.3) is 0 Å². The summed E-state index contributed by atoms with van der Waals surface area (Å²) in [4.78, 5) is 45.7. The maximum Gasteiger partial charge on any atom is 0.409 e. The number of anilines is 1. The smallest absolute Gasteiger partial charge is 0.409 e. The fourth-order valence-electron chi connectivity index (χ4n) is 4.67. The second-order valence-corrected chi connectivity index (χ2v) is 12.5. The molecule has 3 heterocycles. The lowest BCUT2D eigenvalue weighted by atomic mass is 9.81. The first kappa shape index (κ1) is 26.8. The first-order valence-electron chi connectivity index (χ1n) is 11.8. The molecule has 0 radical (unpaired) electrons. The molecule has 0 saturated carbocycles. The molecular weight excluding hydrogens is 522 g/mol. The number of rotatable bonds is 7. The van der Waals surface area contributed by atoms with E-state index in [9.17, 15) is 14.4 Å². The van der Waals surface area contributed by atoms with E-state index in [4.69, 9.17) is 21.1 Å². The lowest BCUT2D eigenvalue weighted by Gasteiger charge is -2.25. The summed E-state index contributed by atoms with van der Waals surface area (Å²) in [7, 11) is 1.38. The molecule has 2 aliphatic heterocycles. The van der Waals surface area contributed by atoms with E-state index in [-0.39, 0.29) is 29.8 Å². The van der Waals surface area contributed by atoms with Crippen molar-refractivity contribution in [1.29, 1.82) is 0 Å². The van der Waals surface area contributed by atoms with Gasteiger partial charge in [0.2, 0.25) is 5.91 Å². The van der Waals surface area contributed by atoms with Crippen LogP contribution < -0.4 is 4.90 Å². The van der Waals surface area contributed by atoms with E-state index in [1.807, 2.05) is 26.0 Å². The number of hydrogen-bond donors (Lipinski definition) is 0. The fraction of sp³-hybridized carbons (Fsp3) is 0.520. The molecule has 0 aliphatic carbocycles. The van der Waals surface area contributed by atoms with Gasteiger partial charge in [-0.1, -0.05) is 11.6 Å². The zero-order valence-electron chi connectivity index (χ0n) is 20.8. The molecule has 2 aromatic rings. The van der Waals surface area contributed by atoms with Crippen molar-refractivity contribution < 1.29 is 23.9 Å². The second kappa shape index (κ2) is 10.6. The monoisotopic (exact) mass is 551 g/mol. The summed E-state index contributed by atoms with van der Waals surface area (Å²) in [6, 6.07) is 5.58. The molecule has 8 nitrogen and oxygen atoms in total. The zero-order chi connectivity index (χ0) is 26.1. The summed E-state index contributed by atoms with van der Waals surface area (Å²) in [5.41, 5.74) is 0.839. The lowest BCUT2D eigenvalue weighted by molar-refractivity contribution is -0.152. The Labute approximate surface area is 224 Å². The number of carbonyl (C=O) groups is 3. The van der Waals surface area contributed by atoms with Gasteiger partial charge in [-0.15, -0.1) is 23.1 Å². The second-order valence-electron chi connectivity index (χ2n) is 9.71. The number of thiazole rings is 1. The molecule has 0 bridgehead atoms. The van der Waals surface area contributed by atoms with Crippen LogP contribution in [0.3, 0.4) is 0 Å². The molecule has 4 rings (SSSR count). The average Bonchev–Trinajstić information content (AvgIpc) is 3.56. The van der Waals surface area contributed by atoms with Crippen LogP contribution in [0.2, 0.25) is 5.02 Å². The van der Waals surface area contributed by atoms with Crippen molar-refractivity contribution in [2.75, 3.05) is 44.0 Å². The van der Waals surface area contributed by atoms with Crippen LogP contribution in [0.4, 0.5) is 10.5 Å². The van der Waals surface area contributed by atoms with Crippen molar-refractivity contribution >= 4 is 58.4 Å². The highest BCUT2D eigenvalue weighted by molar-refractivity contribution is 8.01. The van der Waals surface area contributed by atoms with E-state index >= 15 is 0 Å². The number of carbonyl (C=O) groups excluding carboxylic acids is 3. The zero-order valence-corrected chi connectivity index (χ0v) is 23.2. The van der Waals surface area contributed by atoms with Crippen LogP contribution in [0.15, 0.2) is 28.6 Å². The van der Waals surface area contributed by atoms with Crippen LogP contribution in [0, 0.1) is 5.41 Å². The first-order valence-corrected chi connectivity index (χ1v) is 13.9. The van der Waals surface area contributed by atoms with Gasteiger partial charge in [0.1, 0.15) is 5.01 Å². The van der Waals surface area contributed by atoms with Crippen LogP contribution in [0.5, 0.6) is 0 Å². The maximum atomic E-state index is 13.4. The molecule has 36 heavy (non-hydrogen) atoms. The molecule has 1 unspecified atom stereocenters. The number of likely N-dealkylation sites (tertiary alicyclic amines) is 1. The third kappa shape index (κ3) is 5.35. The highest BCUT2D eigenvalue weighted by atomic mass is 35.5. The summed E-state index contributed by atoms with van der Waals surface area (Å²) in [5.74, 6) is 0.280. The van der Waals surface area contributed by atoms with E-state index in [0.717, 1.165) is 26.9 Å². The first-order chi connectivity index (χ1) is 17.1. The summed E-state index contributed by atoms with van der Waals surface area (Å²) < 4.78 is 11.0. The van der Waals surface area contributed by atoms with Gasteiger partial charge in [-0.25, -0.2) is 9.78 Å². The largest absolute Gasteiger partial charge is 0.466 e. The van der Waals surface area contributed by atoms with Crippen molar-refractivity contribution in [1.82, 2.24) is 9.88 Å². The number of esters is 1. The van der Waals surface area contributed by atoms with Crippen LogP contribution in [-0.4, -0.2) is 67.0 Å². The van der Waals surface area contributed by atoms with Crippen molar-refractivity contribution in [2.45, 2.75) is 43.2 Å². The van der Waals surface area contributed by atoms with Crippen LogP contribution in [0.25, 0.3) is 0 Å². The quantitative estimate of drug-likeness (QED) is 0.361. The van der Waals surface area contributed by atoms with Crippen molar-refractivity contribution in [3.8, 4) is 0 Å². The number of fused-ring (bicyclic) bond motifs is 2. The standard InChI is InChI=1S/C25H30ClN3O5S2/c1-5-34-22(31)24(2,3)15-35-21-12-27-19(36-21)11-20(30)29-14-25(8-9-28(13-25)23(32)33-4)17-10-16(26)6-7-18(17)29/h6-7,10,12H,5,8-9,11,13-15H2,1-4H3. The summed E-state index contributed by atoms with van der Waals surface area (Å²) in [6.45, 7) is 7.40. The van der Waals surface area contributed by atoms with Gasteiger partial charge in [0.15, 0.2) is 0 Å². The predicted molar refractivity (Wildman–Crippen MR) is 141 cm³/mol. The predicted octanol–water partition coefficient (Wildman–Crippen LogP) is 4.78. The molecule has 1 saturated heterocycles. The number of ether oxygens (including phenoxy) is 2.